The Morgan fingerprint density at radius 2 is 1.82 bits per heavy atom. The van der Waals surface area contributed by atoms with E-state index in [4.69, 9.17) is 4.74 Å². The van der Waals surface area contributed by atoms with E-state index in [0.717, 1.165) is 18.6 Å². The van der Waals surface area contributed by atoms with Crippen molar-refractivity contribution >= 4 is 0 Å². The molecule has 2 fully saturated rings. The third-order valence-electron chi connectivity index (χ3n) is 4.43. The van der Waals surface area contributed by atoms with Gasteiger partial charge in [0, 0.05) is 18.7 Å². The van der Waals surface area contributed by atoms with E-state index in [1.54, 1.807) is 0 Å². The molecule has 0 bridgehead atoms. The highest BCUT2D eigenvalue weighted by atomic mass is 16.5. The SMILES string of the molecule is CC1CCCC(NC2CCOC(C)(C)C2)CC1. The van der Waals surface area contributed by atoms with E-state index in [9.17, 15) is 0 Å². The number of ether oxygens (including phenoxy) is 1. The van der Waals surface area contributed by atoms with E-state index in [-0.39, 0.29) is 5.60 Å². The highest BCUT2D eigenvalue weighted by Crippen LogP contribution is 2.27. The predicted molar refractivity (Wildman–Crippen MR) is 72.2 cm³/mol. The lowest BCUT2D eigenvalue weighted by Gasteiger charge is -2.37. The van der Waals surface area contributed by atoms with Crippen LogP contribution in [0.4, 0.5) is 0 Å². The third kappa shape index (κ3) is 4.26. The summed E-state index contributed by atoms with van der Waals surface area (Å²) in [6.45, 7) is 7.76. The van der Waals surface area contributed by atoms with E-state index < -0.39 is 0 Å². The Kier molecular flexibility index (Phi) is 4.48. The molecule has 3 unspecified atom stereocenters. The van der Waals surface area contributed by atoms with Gasteiger partial charge in [-0.1, -0.05) is 19.8 Å². The molecule has 2 rings (SSSR count). The summed E-state index contributed by atoms with van der Waals surface area (Å²) in [5, 5.41) is 3.89. The van der Waals surface area contributed by atoms with Crippen LogP contribution in [0.1, 0.15) is 65.7 Å². The van der Waals surface area contributed by atoms with Crippen LogP contribution in [0, 0.1) is 5.92 Å². The Hall–Kier alpha value is -0.0800. The lowest BCUT2D eigenvalue weighted by Crippen LogP contribution is -2.47. The Bertz CT molecular complexity index is 239. The largest absolute Gasteiger partial charge is 0.375 e. The van der Waals surface area contributed by atoms with Gasteiger partial charge in [-0.3, -0.25) is 0 Å². The number of rotatable bonds is 2. The maximum Gasteiger partial charge on any atom is 0.0641 e. The van der Waals surface area contributed by atoms with E-state index >= 15 is 0 Å². The van der Waals surface area contributed by atoms with Crippen molar-refractivity contribution in [3.63, 3.8) is 0 Å². The average molecular weight is 239 g/mol. The molecular formula is C15H29NO. The van der Waals surface area contributed by atoms with Gasteiger partial charge in [0.05, 0.1) is 5.60 Å². The number of nitrogens with one attached hydrogen (secondary N) is 1. The number of hydrogen-bond donors (Lipinski definition) is 1. The molecule has 0 spiro atoms. The van der Waals surface area contributed by atoms with Gasteiger partial charge in [-0.2, -0.15) is 0 Å². The van der Waals surface area contributed by atoms with E-state index in [1.165, 1.54) is 44.9 Å². The standard InChI is InChI=1S/C15H29NO/c1-12-5-4-6-13(8-7-12)16-14-9-10-17-15(2,3)11-14/h12-14,16H,4-11H2,1-3H3. The first-order chi connectivity index (χ1) is 8.05. The highest BCUT2D eigenvalue weighted by Gasteiger charge is 2.30. The molecule has 1 N–H and O–H groups in total. The van der Waals surface area contributed by atoms with E-state index in [2.05, 4.69) is 26.1 Å². The molecule has 0 radical (unpaired) electrons. The first kappa shape index (κ1) is 13.4. The Morgan fingerprint density at radius 3 is 2.59 bits per heavy atom. The van der Waals surface area contributed by atoms with Crippen LogP contribution in [-0.2, 0) is 4.74 Å². The topological polar surface area (TPSA) is 21.3 Å². The maximum absolute atomic E-state index is 5.79. The molecule has 2 aliphatic rings. The van der Waals surface area contributed by atoms with Gasteiger partial charge in [0.15, 0.2) is 0 Å². The van der Waals surface area contributed by atoms with Gasteiger partial charge >= 0.3 is 0 Å². The van der Waals surface area contributed by atoms with Crippen LogP contribution < -0.4 is 5.32 Å². The molecule has 1 heterocycles. The van der Waals surface area contributed by atoms with E-state index in [0.29, 0.717) is 6.04 Å². The fourth-order valence-electron chi connectivity index (χ4n) is 3.36. The van der Waals surface area contributed by atoms with E-state index in [1.807, 2.05) is 0 Å². The molecular weight excluding hydrogens is 210 g/mol. The second-order valence-corrected chi connectivity index (χ2v) is 6.77. The normalized spacial score (nSPS) is 38.6. The summed E-state index contributed by atoms with van der Waals surface area (Å²) in [5.41, 5.74) is 0.0773. The zero-order chi connectivity index (χ0) is 12.3. The zero-order valence-corrected chi connectivity index (χ0v) is 11.8. The van der Waals surface area contributed by atoms with Crippen molar-refractivity contribution in [3.05, 3.63) is 0 Å². The van der Waals surface area contributed by atoms with Crippen molar-refractivity contribution in [2.45, 2.75) is 83.4 Å². The van der Waals surface area contributed by atoms with Crippen LogP contribution in [0.5, 0.6) is 0 Å². The zero-order valence-electron chi connectivity index (χ0n) is 11.8. The Morgan fingerprint density at radius 1 is 1.00 bits per heavy atom. The van der Waals surface area contributed by atoms with Gasteiger partial charge in [-0.15, -0.1) is 0 Å². The van der Waals surface area contributed by atoms with Crippen LogP contribution in [0.2, 0.25) is 0 Å². The lowest BCUT2D eigenvalue weighted by atomic mass is 9.92. The summed E-state index contributed by atoms with van der Waals surface area (Å²) in [6.07, 6.45) is 9.35. The molecule has 0 aromatic carbocycles. The van der Waals surface area contributed by atoms with Gasteiger partial charge < -0.3 is 10.1 Å². The fraction of sp³-hybridized carbons (Fsp3) is 1.00. The van der Waals surface area contributed by atoms with Crippen LogP contribution in [0.15, 0.2) is 0 Å². The number of hydrogen-bond acceptors (Lipinski definition) is 2. The van der Waals surface area contributed by atoms with Gasteiger partial charge in [0.1, 0.15) is 0 Å². The van der Waals surface area contributed by atoms with Crippen LogP contribution in [0.3, 0.4) is 0 Å². The van der Waals surface area contributed by atoms with Crippen molar-refractivity contribution in [2.24, 2.45) is 5.92 Å². The van der Waals surface area contributed by atoms with Crippen molar-refractivity contribution in [3.8, 4) is 0 Å². The molecule has 1 saturated heterocycles. The first-order valence-corrected chi connectivity index (χ1v) is 7.45. The van der Waals surface area contributed by atoms with Crippen molar-refractivity contribution in [2.75, 3.05) is 6.61 Å². The minimum Gasteiger partial charge on any atom is -0.375 e. The predicted octanol–water partition coefficient (Wildman–Crippen LogP) is 3.50. The van der Waals surface area contributed by atoms with Crippen LogP contribution >= 0.6 is 0 Å². The minimum atomic E-state index is 0.0773. The Labute approximate surface area is 107 Å². The Balaban J connectivity index is 1.79. The second kappa shape index (κ2) is 5.71. The second-order valence-electron chi connectivity index (χ2n) is 6.77. The van der Waals surface area contributed by atoms with Crippen molar-refractivity contribution in [1.29, 1.82) is 0 Å². The molecule has 3 atom stereocenters. The fourth-order valence-corrected chi connectivity index (χ4v) is 3.36. The minimum absolute atomic E-state index is 0.0773. The third-order valence-corrected chi connectivity index (χ3v) is 4.43. The average Bonchev–Trinajstić information content (AvgIpc) is 2.42. The molecule has 17 heavy (non-hydrogen) atoms. The molecule has 0 aromatic rings. The molecule has 2 nitrogen and oxygen atoms in total. The molecule has 1 saturated carbocycles. The summed E-state index contributed by atoms with van der Waals surface area (Å²) in [5.74, 6) is 0.938. The summed E-state index contributed by atoms with van der Waals surface area (Å²) in [7, 11) is 0. The molecule has 0 aromatic heterocycles. The molecule has 100 valence electrons. The first-order valence-electron chi connectivity index (χ1n) is 7.45. The monoisotopic (exact) mass is 239 g/mol. The quantitative estimate of drug-likeness (QED) is 0.745. The van der Waals surface area contributed by atoms with Gasteiger partial charge in [0.25, 0.3) is 0 Å². The van der Waals surface area contributed by atoms with Crippen molar-refractivity contribution < 1.29 is 4.74 Å². The molecule has 1 aliphatic heterocycles. The molecule has 1 aliphatic carbocycles. The van der Waals surface area contributed by atoms with Gasteiger partial charge in [-0.05, 0) is 51.9 Å². The van der Waals surface area contributed by atoms with Crippen LogP contribution in [0.25, 0.3) is 0 Å². The highest BCUT2D eigenvalue weighted by molar-refractivity contribution is 4.86. The lowest BCUT2D eigenvalue weighted by molar-refractivity contribution is -0.0643. The van der Waals surface area contributed by atoms with Crippen LogP contribution in [-0.4, -0.2) is 24.3 Å². The molecule has 0 amide bonds. The summed E-state index contributed by atoms with van der Waals surface area (Å²) >= 11 is 0. The molecule has 2 heteroatoms. The smallest absolute Gasteiger partial charge is 0.0641 e. The van der Waals surface area contributed by atoms with Gasteiger partial charge in [0.2, 0.25) is 0 Å². The summed E-state index contributed by atoms with van der Waals surface area (Å²) in [4.78, 5) is 0. The maximum atomic E-state index is 5.79. The van der Waals surface area contributed by atoms with Gasteiger partial charge in [-0.25, -0.2) is 0 Å². The van der Waals surface area contributed by atoms with Crippen molar-refractivity contribution in [1.82, 2.24) is 5.32 Å². The summed E-state index contributed by atoms with van der Waals surface area (Å²) < 4.78 is 5.79. The summed E-state index contributed by atoms with van der Waals surface area (Å²) in [6, 6.07) is 1.44.